The monoisotopic (exact) mass is 277 g/mol. The lowest BCUT2D eigenvalue weighted by atomic mass is 10.1. The Morgan fingerprint density at radius 1 is 1.00 bits per heavy atom. The maximum atomic E-state index is 11.9. The Hall–Kier alpha value is -1.81. The number of aliphatic hydroxyl groups excluding tert-OH is 1. The minimum atomic E-state index is -0.799. The van der Waals surface area contributed by atoms with Gasteiger partial charge in [-0.05, 0) is 43.0 Å². The number of benzene rings is 1. The van der Waals surface area contributed by atoms with Crippen molar-refractivity contribution in [1.29, 1.82) is 0 Å². The van der Waals surface area contributed by atoms with E-state index in [-0.39, 0.29) is 6.10 Å². The summed E-state index contributed by atoms with van der Waals surface area (Å²) in [5.74, 6) is -1.60. The first-order valence-electron chi connectivity index (χ1n) is 6.70. The van der Waals surface area contributed by atoms with Crippen LogP contribution in [-0.4, -0.2) is 10.1 Å². The molecule has 0 radical (unpaired) electrons. The van der Waals surface area contributed by atoms with Gasteiger partial charge in [0.25, 0.3) is 0 Å². The van der Waals surface area contributed by atoms with Crippen LogP contribution in [-0.2, 0) is 6.42 Å². The Labute approximate surface area is 117 Å². The molecule has 0 amide bonds. The lowest BCUT2D eigenvalue weighted by Gasteiger charge is -2.08. The van der Waals surface area contributed by atoms with Crippen molar-refractivity contribution in [2.24, 2.45) is 0 Å². The number of rotatable bonds is 0. The normalized spacial score (nSPS) is 17.4. The maximum absolute atomic E-state index is 11.9. The topological polar surface area (TPSA) is 33.1 Å². The lowest BCUT2D eigenvalue weighted by molar-refractivity contribution is 0.162. The number of hydrogen-bond acceptors (Lipinski definition) is 2. The van der Waals surface area contributed by atoms with Crippen LogP contribution < -0.4 is 0 Å². The van der Waals surface area contributed by atoms with Crippen molar-refractivity contribution in [3.63, 3.8) is 0 Å². The number of halogens is 2. The van der Waals surface area contributed by atoms with Crippen molar-refractivity contribution in [2.45, 2.75) is 31.8 Å². The quantitative estimate of drug-likeness (QED) is 0.743. The van der Waals surface area contributed by atoms with Crippen molar-refractivity contribution < 1.29 is 13.9 Å². The Balaban J connectivity index is 0.000000160. The zero-order valence-corrected chi connectivity index (χ0v) is 11.1. The van der Waals surface area contributed by atoms with E-state index in [1.165, 1.54) is 24.1 Å². The highest BCUT2D eigenvalue weighted by Gasteiger charge is 2.16. The molecule has 3 rings (SSSR count). The highest BCUT2D eigenvalue weighted by atomic mass is 19.2. The van der Waals surface area contributed by atoms with Gasteiger partial charge in [0.05, 0.1) is 11.8 Å². The molecule has 0 saturated carbocycles. The van der Waals surface area contributed by atoms with Crippen molar-refractivity contribution in [3.05, 3.63) is 65.5 Å². The molecule has 4 heteroatoms. The molecular weight excluding hydrogens is 260 g/mol. The number of fused-ring (bicyclic) bond motifs is 1. The Morgan fingerprint density at radius 3 is 2.35 bits per heavy atom. The summed E-state index contributed by atoms with van der Waals surface area (Å²) in [5.41, 5.74) is 2.12. The van der Waals surface area contributed by atoms with Gasteiger partial charge in [-0.3, -0.25) is 4.98 Å². The fraction of sp³-hybridized carbons (Fsp3) is 0.312. The number of aromatic nitrogens is 1. The minimum absolute atomic E-state index is 0.330. The number of aryl methyl sites for hydroxylation is 1. The molecule has 2 aromatic rings. The molecule has 20 heavy (non-hydrogen) atoms. The van der Waals surface area contributed by atoms with Crippen molar-refractivity contribution in [1.82, 2.24) is 4.98 Å². The van der Waals surface area contributed by atoms with Crippen LogP contribution in [0.15, 0.2) is 42.6 Å². The molecule has 0 saturated heterocycles. The van der Waals surface area contributed by atoms with Gasteiger partial charge in [0.1, 0.15) is 0 Å². The zero-order chi connectivity index (χ0) is 14.4. The molecule has 1 atom stereocenters. The summed E-state index contributed by atoms with van der Waals surface area (Å²) in [6.45, 7) is 0. The van der Waals surface area contributed by atoms with Crippen LogP contribution in [0.2, 0.25) is 0 Å². The summed E-state index contributed by atoms with van der Waals surface area (Å²) in [6, 6.07) is 9.05. The summed E-state index contributed by atoms with van der Waals surface area (Å²) < 4.78 is 23.9. The molecule has 0 bridgehead atoms. The fourth-order valence-electron chi connectivity index (χ4n) is 2.19. The van der Waals surface area contributed by atoms with Gasteiger partial charge in [-0.25, -0.2) is 8.78 Å². The van der Waals surface area contributed by atoms with E-state index in [9.17, 15) is 13.9 Å². The molecule has 2 nitrogen and oxygen atoms in total. The van der Waals surface area contributed by atoms with Gasteiger partial charge in [0.15, 0.2) is 11.6 Å². The third-order valence-electron chi connectivity index (χ3n) is 3.24. The van der Waals surface area contributed by atoms with Crippen LogP contribution in [0.3, 0.4) is 0 Å². The summed E-state index contributed by atoms with van der Waals surface area (Å²) in [6.07, 6.45) is 5.65. The molecule has 0 unspecified atom stereocenters. The van der Waals surface area contributed by atoms with Gasteiger partial charge >= 0.3 is 0 Å². The second-order valence-electron chi connectivity index (χ2n) is 4.72. The molecule has 1 aliphatic carbocycles. The molecule has 1 aliphatic rings. The highest BCUT2D eigenvalue weighted by Crippen LogP contribution is 2.25. The summed E-state index contributed by atoms with van der Waals surface area (Å²) in [5, 5.41) is 9.68. The van der Waals surface area contributed by atoms with Crippen LogP contribution in [0.5, 0.6) is 0 Å². The number of hydrogen-bond donors (Lipinski definition) is 1. The minimum Gasteiger partial charge on any atom is -0.387 e. The van der Waals surface area contributed by atoms with Crippen LogP contribution >= 0.6 is 0 Å². The van der Waals surface area contributed by atoms with Crippen molar-refractivity contribution in [2.75, 3.05) is 0 Å². The molecule has 0 aliphatic heterocycles. The lowest BCUT2D eigenvalue weighted by Crippen LogP contribution is -2.01. The van der Waals surface area contributed by atoms with Gasteiger partial charge < -0.3 is 5.11 Å². The van der Waals surface area contributed by atoms with E-state index in [0.29, 0.717) is 0 Å². The Bertz CT molecular complexity index is 539. The smallest absolute Gasteiger partial charge is 0.158 e. The number of aliphatic hydroxyl groups is 1. The van der Waals surface area contributed by atoms with Crippen molar-refractivity contribution in [3.8, 4) is 0 Å². The van der Waals surface area contributed by atoms with Gasteiger partial charge in [0, 0.05) is 6.20 Å². The summed E-state index contributed by atoms with van der Waals surface area (Å²) in [4.78, 5) is 4.21. The predicted molar refractivity (Wildman–Crippen MR) is 73.1 cm³/mol. The molecule has 0 spiro atoms. The van der Waals surface area contributed by atoms with Gasteiger partial charge in [-0.15, -0.1) is 0 Å². The number of pyridine rings is 1. The third-order valence-corrected chi connectivity index (χ3v) is 3.24. The summed E-state index contributed by atoms with van der Waals surface area (Å²) >= 11 is 0. The fourth-order valence-corrected chi connectivity index (χ4v) is 2.19. The molecule has 1 N–H and O–H groups in total. The van der Waals surface area contributed by atoms with Crippen LogP contribution in [0.4, 0.5) is 8.78 Å². The zero-order valence-electron chi connectivity index (χ0n) is 11.1. The average molecular weight is 277 g/mol. The van der Waals surface area contributed by atoms with Crippen LogP contribution in [0.25, 0.3) is 0 Å². The van der Waals surface area contributed by atoms with E-state index in [1.54, 1.807) is 6.20 Å². The van der Waals surface area contributed by atoms with E-state index >= 15 is 0 Å². The second-order valence-corrected chi connectivity index (χ2v) is 4.72. The van der Waals surface area contributed by atoms with E-state index in [2.05, 4.69) is 11.1 Å². The summed E-state index contributed by atoms with van der Waals surface area (Å²) in [7, 11) is 0. The first-order valence-corrected chi connectivity index (χ1v) is 6.70. The first-order chi connectivity index (χ1) is 9.68. The molecule has 106 valence electrons. The first kappa shape index (κ1) is 14.6. The van der Waals surface area contributed by atoms with Gasteiger partial charge in [-0.1, -0.05) is 24.6 Å². The average Bonchev–Trinajstić information content (AvgIpc) is 2.65. The number of nitrogens with zero attached hydrogens (tertiary/aromatic N) is 1. The molecule has 0 fully saturated rings. The van der Waals surface area contributed by atoms with Crippen LogP contribution in [0.1, 0.15) is 36.6 Å². The van der Waals surface area contributed by atoms with E-state index < -0.39 is 11.6 Å². The third kappa shape index (κ3) is 3.84. The predicted octanol–water partition coefficient (Wildman–Crippen LogP) is 3.81. The second kappa shape index (κ2) is 7.10. The largest absolute Gasteiger partial charge is 0.387 e. The Kier molecular flexibility index (Phi) is 5.18. The van der Waals surface area contributed by atoms with E-state index in [4.69, 9.17) is 0 Å². The SMILES string of the molecule is Fc1ccccc1F.O[C@@H]1CCCCc2cccnc21. The molecule has 1 heterocycles. The van der Waals surface area contributed by atoms with Crippen molar-refractivity contribution >= 4 is 0 Å². The Morgan fingerprint density at radius 2 is 1.70 bits per heavy atom. The van der Waals surface area contributed by atoms with E-state index in [0.717, 1.165) is 37.1 Å². The highest BCUT2D eigenvalue weighted by molar-refractivity contribution is 5.22. The molecule has 1 aromatic heterocycles. The van der Waals surface area contributed by atoms with Gasteiger partial charge in [0.2, 0.25) is 0 Å². The van der Waals surface area contributed by atoms with Gasteiger partial charge in [-0.2, -0.15) is 0 Å². The molecular formula is C16H17F2NO. The van der Waals surface area contributed by atoms with Crippen LogP contribution in [0, 0.1) is 11.6 Å². The maximum Gasteiger partial charge on any atom is 0.158 e. The standard InChI is InChI=1S/C10H13NO.C6H4F2/c12-9-6-2-1-4-8-5-3-7-11-10(8)9;7-5-3-1-2-4-6(5)8/h3,5,7,9,12H,1-2,4,6H2;1-4H/t9-;/m1./s1. The van der Waals surface area contributed by atoms with E-state index in [1.807, 2.05) is 6.07 Å². The molecule has 1 aromatic carbocycles.